The number of carbonyl (C=O) groups is 2. The van der Waals surface area contributed by atoms with Gasteiger partial charge in [-0.1, -0.05) is 29.8 Å². The number of carboxylic acid groups (broad SMARTS) is 1. The van der Waals surface area contributed by atoms with E-state index in [4.69, 9.17) is 26.2 Å². The van der Waals surface area contributed by atoms with Crippen molar-refractivity contribution in [3.8, 4) is 17.6 Å². The number of carbonyl (C=O) groups excluding carboxylic acids is 1. The van der Waals surface area contributed by atoms with Crippen LogP contribution < -0.4 is 14.8 Å². The highest BCUT2D eigenvalue weighted by Gasteiger charge is 2.15. The third-order valence-corrected chi connectivity index (χ3v) is 4.93. The Morgan fingerprint density at radius 2 is 1.91 bits per heavy atom. The standard InChI is InChI=1S/C26H20ClFN2O5/c1-2-34-23-12-17(11-22(27)24(23)35-15-16-5-3-7-20(28)10-16)9-19(14-29)25(31)30-21-8-4-6-18(13-21)26(32)33/h3-13H,2,15H2,1H3,(H,30,31)(H,32,33)/b19-9-. The van der Waals surface area contributed by atoms with Crippen LogP contribution in [0.2, 0.25) is 5.02 Å². The maximum absolute atomic E-state index is 13.4. The van der Waals surface area contributed by atoms with Crippen molar-refractivity contribution in [2.24, 2.45) is 0 Å². The number of anilines is 1. The summed E-state index contributed by atoms with van der Waals surface area (Å²) in [6.45, 7) is 2.12. The number of hydrogen-bond donors (Lipinski definition) is 2. The van der Waals surface area contributed by atoms with Crippen molar-refractivity contribution >= 4 is 35.2 Å². The highest BCUT2D eigenvalue weighted by atomic mass is 35.5. The fourth-order valence-electron chi connectivity index (χ4n) is 3.10. The van der Waals surface area contributed by atoms with Gasteiger partial charge >= 0.3 is 5.97 Å². The third-order valence-electron chi connectivity index (χ3n) is 4.65. The first-order valence-electron chi connectivity index (χ1n) is 10.4. The molecule has 2 N–H and O–H groups in total. The summed E-state index contributed by atoms with van der Waals surface area (Å²) >= 11 is 6.40. The molecule has 0 radical (unpaired) electrons. The van der Waals surface area contributed by atoms with Gasteiger partial charge in [0.25, 0.3) is 5.91 Å². The molecule has 1 amide bonds. The van der Waals surface area contributed by atoms with Gasteiger partial charge in [-0.2, -0.15) is 5.26 Å². The van der Waals surface area contributed by atoms with Crippen LogP contribution in [0.15, 0.2) is 66.2 Å². The van der Waals surface area contributed by atoms with Crippen molar-refractivity contribution < 1.29 is 28.6 Å². The molecular formula is C26H20ClFN2O5. The zero-order valence-electron chi connectivity index (χ0n) is 18.5. The summed E-state index contributed by atoms with van der Waals surface area (Å²) in [6, 6.07) is 16.5. The lowest BCUT2D eigenvalue weighted by molar-refractivity contribution is -0.112. The van der Waals surface area contributed by atoms with Crippen molar-refractivity contribution in [2.75, 3.05) is 11.9 Å². The van der Waals surface area contributed by atoms with Crippen LogP contribution in [-0.2, 0) is 11.4 Å². The Hall–Kier alpha value is -4.35. The molecule has 0 heterocycles. The van der Waals surface area contributed by atoms with E-state index in [2.05, 4.69) is 5.32 Å². The Labute approximate surface area is 206 Å². The van der Waals surface area contributed by atoms with Gasteiger partial charge in [0, 0.05) is 5.69 Å². The number of hydrogen-bond acceptors (Lipinski definition) is 5. The molecule has 35 heavy (non-hydrogen) atoms. The predicted molar refractivity (Wildman–Crippen MR) is 129 cm³/mol. The van der Waals surface area contributed by atoms with E-state index >= 15 is 0 Å². The average molecular weight is 495 g/mol. The molecule has 0 atom stereocenters. The molecule has 0 aliphatic carbocycles. The number of rotatable bonds is 9. The molecule has 0 unspecified atom stereocenters. The summed E-state index contributed by atoms with van der Waals surface area (Å²) in [7, 11) is 0. The molecule has 0 aliphatic rings. The van der Waals surface area contributed by atoms with Crippen LogP contribution in [0.3, 0.4) is 0 Å². The second-order valence-corrected chi connectivity index (χ2v) is 7.60. The second kappa shape index (κ2) is 11.7. The smallest absolute Gasteiger partial charge is 0.335 e. The van der Waals surface area contributed by atoms with Crippen LogP contribution in [0.25, 0.3) is 6.08 Å². The van der Waals surface area contributed by atoms with Crippen molar-refractivity contribution in [2.45, 2.75) is 13.5 Å². The number of nitriles is 1. The first-order valence-corrected chi connectivity index (χ1v) is 10.8. The Balaban J connectivity index is 1.85. The maximum Gasteiger partial charge on any atom is 0.335 e. The third kappa shape index (κ3) is 6.82. The van der Waals surface area contributed by atoms with Crippen molar-refractivity contribution in [3.05, 3.63) is 93.8 Å². The Morgan fingerprint density at radius 3 is 2.60 bits per heavy atom. The number of ether oxygens (including phenoxy) is 2. The molecule has 7 nitrogen and oxygen atoms in total. The zero-order chi connectivity index (χ0) is 25.4. The second-order valence-electron chi connectivity index (χ2n) is 7.19. The summed E-state index contributed by atoms with van der Waals surface area (Å²) in [4.78, 5) is 23.7. The maximum atomic E-state index is 13.4. The number of amides is 1. The summed E-state index contributed by atoms with van der Waals surface area (Å²) < 4.78 is 24.8. The quantitative estimate of drug-likeness (QED) is 0.292. The zero-order valence-corrected chi connectivity index (χ0v) is 19.3. The molecule has 3 rings (SSSR count). The summed E-state index contributed by atoms with van der Waals surface area (Å²) in [5, 5.41) is 21.3. The number of carboxylic acids is 1. The normalized spacial score (nSPS) is 10.9. The first kappa shape index (κ1) is 25.3. The van der Waals surface area contributed by atoms with E-state index < -0.39 is 11.9 Å². The van der Waals surface area contributed by atoms with Gasteiger partial charge in [0.2, 0.25) is 0 Å². The first-order chi connectivity index (χ1) is 16.8. The highest BCUT2D eigenvalue weighted by Crippen LogP contribution is 2.38. The minimum atomic E-state index is -1.14. The Morgan fingerprint density at radius 1 is 1.14 bits per heavy atom. The topological polar surface area (TPSA) is 109 Å². The van der Waals surface area contributed by atoms with E-state index in [1.54, 1.807) is 25.1 Å². The van der Waals surface area contributed by atoms with Crippen LogP contribution in [0, 0.1) is 17.1 Å². The summed E-state index contributed by atoms with van der Waals surface area (Å²) in [5.41, 5.74) is 0.987. The van der Waals surface area contributed by atoms with Gasteiger partial charge in [-0.25, -0.2) is 9.18 Å². The highest BCUT2D eigenvalue weighted by molar-refractivity contribution is 6.32. The van der Waals surface area contributed by atoms with E-state index in [0.717, 1.165) is 0 Å². The van der Waals surface area contributed by atoms with E-state index in [-0.39, 0.29) is 45.8 Å². The summed E-state index contributed by atoms with van der Waals surface area (Å²) in [5.74, 6) is -1.73. The monoisotopic (exact) mass is 494 g/mol. The molecule has 0 aromatic heterocycles. The molecule has 0 spiro atoms. The molecule has 0 aliphatic heterocycles. The van der Waals surface area contributed by atoms with Gasteiger partial charge in [0.1, 0.15) is 24.1 Å². The van der Waals surface area contributed by atoms with Crippen LogP contribution in [0.5, 0.6) is 11.5 Å². The lowest BCUT2D eigenvalue weighted by Gasteiger charge is -2.15. The van der Waals surface area contributed by atoms with Gasteiger partial charge < -0.3 is 19.9 Å². The van der Waals surface area contributed by atoms with Crippen molar-refractivity contribution in [1.82, 2.24) is 0 Å². The molecule has 3 aromatic rings. The number of halogens is 2. The van der Waals surface area contributed by atoms with Gasteiger partial charge in [-0.05, 0) is 66.6 Å². The molecule has 0 fully saturated rings. The molecule has 9 heteroatoms. The molecule has 178 valence electrons. The van der Waals surface area contributed by atoms with Crippen molar-refractivity contribution in [1.29, 1.82) is 5.26 Å². The minimum Gasteiger partial charge on any atom is -0.490 e. The largest absolute Gasteiger partial charge is 0.490 e. The molecule has 0 bridgehead atoms. The lowest BCUT2D eigenvalue weighted by atomic mass is 10.1. The van der Waals surface area contributed by atoms with Gasteiger partial charge in [-0.15, -0.1) is 0 Å². The number of nitrogens with one attached hydrogen (secondary N) is 1. The molecule has 0 saturated carbocycles. The van der Waals surface area contributed by atoms with E-state index in [0.29, 0.717) is 17.7 Å². The van der Waals surface area contributed by atoms with Crippen molar-refractivity contribution in [3.63, 3.8) is 0 Å². The number of aromatic carboxylic acids is 1. The number of nitrogens with zero attached hydrogens (tertiary/aromatic N) is 1. The Bertz CT molecular complexity index is 1330. The average Bonchev–Trinajstić information content (AvgIpc) is 2.82. The molecule has 3 aromatic carbocycles. The van der Waals surface area contributed by atoms with E-state index in [9.17, 15) is 19.2 Å². The van der Waals surface area contributed by atoms with Crippen LogP contribution in [-0.4, -0.2) is 23.6 Å². The minimum absolute atomic E-state index is 0.00717. The lowest BCUT2D eigenvalue weighted by Crippen LogP contribution is -2.14. The Kier molecular flexibility index (Phi) is 8.43. The molecule has 0 saturated heterocycles. The van der Waals surface area contributed by atoms with Crippen LogP contribution in [0.1, 0.15) is 28.4 Å². The SMILES string of the molecule is CCOc1cc(/C=C(/C#N)C(=O)Nc2cccc(C(=O)O)c2)cc(Cl)c1OCc1cccc(F)c1. The summed E-state index contributed by atoms with van der Waals surface area (Å²) in [6.07, 6.45) is 1.32. The number of benzene rings is 3. The van der Waals surface area contributed by atoms with Gasteiger partial charge in [0.15, 0.2) is 11.5 Å². The predicted octanol–water partition coefficient (Wildman–Crippen LogP) is 5.70. The fraction of sp³-hybridized carbons (Fsp3) is 0.115. The fourth-order valence-corrected chi connectivity index (χ4v) is 3.37. The van der Waals surface area contributed by atoms with Crippen LogP contribution >= 0.6 is 11.6 Å². The van der Waals surface area contributed by atoms with E-state index in [1.807, 2.05) is 6.07 Å². The molecular weight excluding hydrogens is 475 g/mol. The van der Waals surface area contributed by atoms with Gasteiger partial charge in [0.05, 0.1) is 17.2 Å². The van der Waals surface area contributed by atoms with Crippen LogP contribution in [0.4, 0.5) is 10.1 Å². The van der Waals surface area contributed by atoms with Gasteiger partial charge in [-0.3, -0.25) is 4.79 Å². The van der Waals surface area contributed by atoms with E-state index in [1.165, 1.54) is 48.5 Å².